The first-order chi connectivity index (χ1) is 4.74. The van der Waals surface area contributed by atoms with Gasteiger partial charge in [0, 0.05) is 3.57 Å². The SMILES string of the molecule is COc1ccc(I)c(C)c1. The van der Waals surface area contributed by atoms with Gasteiger partial charge in [-0.15, -0.1) is 0 Å². The van der Waals surface area contributed by atoms with Crippen molar-refractivity contribution in [3.05, 3.63) is 27.3 Å². The Morgan fingerprint density at radius 2 is 2.10 bits per heavy atom. The highest BCUT2D eigenvalue weighted by Crippen LogP contribution is 2.17. The monoisotopic (exact) mass is 248 g/mol. The molecule has 0 bridgehead atoms. The molecule has 0 amide bonds. The first-order valence-corrected chi connectivity index (χ1v) is 4.12. The second kappa shape index (κ2) is 3.23. The zero-order valence-electron chi connectivity index (χ0n) is 6.02. The van der Waals surface area contributed by atoms with E-state index in [0.29, 0.717) is 0 Å². The van der Waals surface area contributed by atoms with E-state index in [9.17, 15) is 0 Å². The molecule has 0 radical (unpaired) electrons. The van der Waals surface area contributed by atoms with Crippen molar-refractivity contribution >= 4 is 22.6 Å². The van der Waals surface area contributed by atoms with Crippen molar-refractivity contribution in [2.24, 2.45) is 0 Å². The molecule has 1 rings (SSSR count). The van der Waals surface area contributed by atoms with Crippen LogP contribution in [0.5, 0.6) is 5.75 Å². The van der Waals surface area contributed by atoms with E-state index in [1.54, 1.807) is 7.11 Å². The van der Waals surface area contributed by atoms with Gasteiger partial charge < -0.3 is 4.74 Å². The Morgan fingerprint density at radius 3 is 2.60 bits per heavy atom. The molecule has 0 unspecified atom stereocenters. The molecule has 0 saturated carbocycles. The van der Waals surface area contributed by atoms with E-state index < -0.39 is 0 Å². The second-order valence-corrected chi connectivity index (χ2v) is 3.28. The van der Waals surface area contributed by atoms with Crippen molar-refractivity contribution in [2.75, 3.05) is 7.11 Å². The number of hydrogen-bond acceptors (Lipinski definition) is 1. The molecule has 10 heavy (non-hydrogen) atoms. The molecule has 54 valence electrons. The Hall–Kier alpha value is -0.250. The average Bonchev–Trinajstić information content (AvgIpc) is 1.95. The molecule has 1 aromatic rings. The van der Waals surface area contributed by atoms with Crippen LogP contribution >= 0.6 is 22.6 Å². The lowest BCUT2D eigenvalue weighted by molar-refractivity contribution is 0.414. The fraction of sp³-hybridized carbons (Fsp3) is 0.250. The number of aryl methyl sites for hydroxylation is 1. The highest BCUT2D eigenvalue weighted by atomic mass is 127. The standard InChI is InChI=1S/C8H9IO/c1-6-5-7(10-2)3-4-8(6)9/h3-5H,1-2H3. The zero-order chi connectivity index (χ0) is 7.56. The van der Waals surface area contributed by atoms with E-state index >= 15 is 0 Å². The third kappa shape index (κ3) is 1.62. The summed E-state index contributed by atoms with van der Waals surface area (Å²) in [5.41, 5.74) is 1.26. The normalized spacial score (nSPS) is 9.50. The van der Waals surface area contributed by atoms with Gasteiger partial charge in [0.15, 0.2) is 0 Å². The number of hydrogen-bond donors (Lipinski definition) is 0. The minimum atomic E-state index is 0.929. The van der Waals surface area contributed by atoms with Crippen LogP contribution < -0.4 is 4.74 Å². The van der Waals surface area contributed by atoms with Gasteiger partial charge in [0.05, 0.1) is 7.11 Å². The molecule has 0 spiro atoms. The molecule has 0 aliphatic rings. The number of rotatable bonds is 1. The van der Waals surface area contributed by atoms with Gasteiger partial charge in [0.25, 0.3) is 0 Å². The van der Waals surface area contributed by atoms with Crippen molar-refractivity contribution < 1.29 is 4.74 Å². The van der Waals surface area contributed by atoms with Crippen LogP contribution in [0.1, 0.15) is 5.56 Å². The molecule has 2 heteroatoms. The summed E-state index contributed by atoms with van der Waals surface area (Å²) in [7, 11) is 1.68. The summed E-state index contributed by atoms with van der Waals surface area (Å²) in [5, 5.41) is 0. The zero-order valence-corrected chi connectivity index (χ0v) is 8.18. The average molecular weight is 248 g/mol. The number of benzene rings is 1. The molecule has 0 N–H and O–H groups in total. The maximum absolute atomic E-state index is 5.05. The third-order valence-corrected chi connectivity index (χ3v) is 2.58. The quantitative estimate of drug-likeness (QED) is 0.694. The Labute approximate surface area is 74.5 Å². The lowest BCUT2D eigenvalue weighted by Gasteiger charge is -2.01. The summed E-state index contributed by atoms with van der Waals surface area (Å²) in [6.45, 7) is 2.07. The number of halogens is 1. The molecule has 0 atom stereocenters. The van der Waals surface area contributed by atoms with Crippen LogP contribution in [0.15, 0.2) is 18.2 Å². The van der Waals surface area contributed by atoms with Crippen LogP contribution in [0.3, 0.4) is 0 Å². The first kappa shape index (κ1) is 7.85. The van der Waals surface area contributed by atoms with Gasteiger partial charge in [-0.1, -0.05) is 0 Å². The van der Waals surface area contributed by atoms with Crippen molar-refractivity contribution in [1.82, 2.24) is 0 Å². The van der Waals surface area contributed by atoms with Crippen LogP contribution in [0, 0.1) is 10.5 Å². The molecule has 1 aromatic carbocycles. The van der Waals surface area contributed by atoms with Crippen LogP contribution in [-0.4, -0.2) is 7.11 Å². The van der Waals surface area contributed by atoms with Gasteiger partial charge in [0.2, 0.25) is 0 Å². The molecular weight excluding hydrogens is 239 g/mol. The molecule has 0 saturated heterocycles. The molecular formula is C8H9IO. The maximum atomic E-state index is 5.05. The second-order valence-electron chi connectivity index (χ2n) is 2.12. The number of ether oxygens (including phenoxy) is 1. The Bertz CT molecular complexity index is 233. The molecule has 0 aliphatic carbocycles. The first-order valence-electron chi connectivity index (χ1n) is 3.04. The van der Waals surface area contributed by atoms with Crippen LogP contribution in [0.25, 0.3) is 0 Å². The third-order valence-electron chi connectivity index (χ3n) is 1.37. The van der Waals surface area contributed by atoms with Gasteiger partial charge >= 0.3 is 0 Å². The van der Waals surface area contributed by atoms with Crippen molar-refractivity contribution in [2.45, 2.75) is 6.92 Å². The van der Waals surface area contributed by atoms with Gasteiger partial charge in [-0.3, -0.25) is 0 Å². The predicted octanol–water partition coefficient (Wildman–Crippen LogP) is 2.61. The van der Waals surface area contributed by atoms with E-state index in [4.69, 9.17) is 4.74 Å². The van der Waals surface area contributed by atoms with E-state index in [2.05, 4.69) is 35.6 Å². The lowest BCUT2D eigenvalue weighted by Crippen LogP contribution is -1.84. The van der Waals surface area contributed by atoms with E-state index in [1.165, 1.54) is 9.13 Å². The molecule has 0 heterocycles. The van der Waals surface area contributed by atoms with Crippen molar-refractivity contribution in [1.29, 1.82) is 0 Å². The lowest BCUT2D eigenvalue weighted by atomic mass is 10.2. The summed E-state index contributed by atoms with van der Waals surface area (Å²) >= 11 is 2.30. The fourth-order valence-electron chi connectivity index (χ4n) is 0.744. The fourth-order valence-corrected chi connectivity index (χ4v) is 1.08. The molecule has 0 fully saturated rings. The van der Waals surface area contributed by atoms with Crippen molar-refractivity contribution in [3.8, 4) is 5.75 Å². The van der Waals surface area contributed by atoms with Crippen LogP contribution in [0.2, 0.25) is 0 Å². The van der Waals surface area contributed by atoms with Gasteiger partial charge in [-0.05, 0) is 53.3 Å². The minimum Gasteiger partial charge on any atom is -0.497 e. The van der Waals surface area contributed by atoms with Gasteiger partial charge in [0.1, 0.15) is 5.75 Å². The van der Waals surface area contributed by atoms with Gasteiger partial charge in [-0.25, -0.2) is 0 Å². The predicted molar refractivity (Wildman–Crippen MR) is 50.4 cm³/mol. The largest absolute Gasteiger partial charge is 0.497 e. The summed E-state index contributed by atoms with van der Waals surface area (Å²) < 4.78 is 6.32. The van der Waals surface area contributed by atoms with E-state index in [0.717, 1.165) is 5.75 Å². The summed E-state index contributed by atoms with van der Waals surface area (Å²) in [4.78, 5) is 0. The smallest absolute Gasteiger partial charge is 0.119 e. The summed E-state index contributed by atoms with van der Waals surface area (Å²) in [5.74, 6) is 0.929. The topological polar surface area (TPSA) is 9.23 Å². The Balaban J connectivity index is 3.04. The van der Waals surface area contributed by atoms with Crippen LogP contribution in [0.4, 0.5) is 0 Å². The highest BCUT2D eigenvalue weighted by molar-refractivity contribution is 14.1. The van der Waals surface area contributed by atoms with E-state index in [1.807, 2.05) is 12.1 Å². The Morgan fingerprint density at radius 1 is 1.40 bits per heavy atom. The van der Waals surface area contributed by atoms with Crippen molar-refractivity contribution in [3.63, 3.8) is 0 Å². The number of methoxy groups -OCH3 is 1. The van der Waals surface area contributed by atoms with Crippen LogP contribution in [-0.2, 0) is 0 Å². The Kier molecular flexibility index (Phi) is 2.54. The summed E-state index contributed by atoms with van der Waals surface area (Å²) in [6, 6.07) is 6.05. The van der Waals surface area contributed by atoms with E-state index in [-0.39, 0.29) is 0 Å². The minimum absolute atomic E-state index is 0.929. The molecule has 1 nitrogen and oxygen atoms in total. The molecule has 0 aliphatic heterocycles. The molecule has 0 aromatic heterocycles. The maximum Gasteiger partial charge on any atom is 0.119 e. The summed E-state index contributed by atoms with van der Waals surface area (Å²) in [6.07, 6.45) is 0. The highest BCUT2D eigenvalue weighted by Gasteiger charge is 1.94. The van der Waals surface area contributed by atoms with Gasteiger partial charge in [-0.2, -0.15) is 0 Å².